The monoisotopic (exact) mass is 372 g/mol. The molecule has 0 N–H and O–H groups in total. The molecule has 1 aromatic heterocycles. The lowest BCUT2D eigenvalue weighted by Gasteiger charge is -2.06. The number of hydrogen-bond acceptors (Lipinski definition) is 3. The Morgan fingerprint density at radius 1 is 0.964 bits per heavy atom. The number of benzene rings is 3. The highest BCUT2D eigenvalue weighted by molar-refractivity contribution is 5.90. The first kappa shape index (κ1) is 16.6. The van der Waals surface area contributed by atoms with Crippen LogP contribution in [0.1, 0.15) is 11.1 Å². The fraction of sp³-hybridized carbons (Fsp3) is 0.0870. The second-order valence-electron chi connectivity index (χ2n) is 6.69. The lowest BCUT2D eigenvalue weighted by molar-refractivity contribution is 0.174. The summed E-state index contributed by atoms with van der Waals surface area (Å²) < 4.78 is 26.2. The maximum atomic E-state index is 13.4. The molecule has 1 aliphatic heterocycles. The van der Waals surface area contributed by atoms with E-state index in [-0.39, 0.29) is 12.6 Å². The van der Waals surface area contributed by atoms with Gasteiger partial charge >= 0.3 is 0 Å². The van der Waals surface area contributed by atoms with Gasteiger partial charge in [0.2, 0.25) is 6.79 Å². The molecule has 0 spiro atoms. The molecule has 5 rings (SSSR count). The van der Waals surface area contributed by atoms with E-state index in [1.807, 2.05) is 42.7 Å². The summed E-state index contributed by atoms with van der Waals surface area (Å²) in [5.41, 5.74) is 3.86. The molecule has 4 aromatic rings. The lowest BCUT2D eigenvalue weighted by Crippen LogP contribution is -1.98. The SMILES string of the molecule is Fc1cccc(Cn2ccc3cc(C=Nc4ccc5c(c4)OCO5)ccc32)c1. The van der Waals surface area contributed by atoms with Gasteiger partial charge in [0.1, 0.15) is 5.82 Å². The third-order valence-electron chi connectivity index (χ3n) is 4.76. The van der Waals surface area contributed by atoms with Gasteiger partial charge in [0.25, 0.3) is 0 Å². The van der Waals surface area contributed by atoms with Crippen LogP contribution in [0.15, 0.2) is 77.9 Å². The molecule has 0 unspecified atom stereocenters. The van der Waals surface area contributed by atoms with E-state index < -0.39 is 0 Å². The van der Waals surface area contributed by atoms with Crippen LogP contribution in [-0.2, 0) is 6.54 Å². The van der Waals surface area contributed by atoms with Crippen molar-refractivity contribution < 1.29 is 13.9 Å². The van der Waals surface area contributed by atoms with E-state index in [9.17, 15) is 4.39 Å². The van der Waals surface area contributed by atoms with Crippen LogP contribution in [0.5, 0.6) is 11.5 Å². The Hall–Kier alpha value is -3.60. The quantitative estimate of drug-likeness (QED) is 0.455. The lowest BCUT2D eigenvalue weighted by atomic mass is 10.1. The zero-order valence-corrected chi connectivity index (χ0v) is 15.0. The Bertz CT molecular complexity index is 1200. The first-order valence-corrected chi connectivity index (χ1v) is 9.02. The first-order chi connectivity index (χ1) is 13.7. The van der Waals surface area contributed by atoms with Crippen molar-refractivity contribution in [3.8, 4) is 11.5 Å². The van der Waals surface area contributed by atoms with Crippen molar-refractivity contribution in [1.82, 2.24) is 4.57 Å². The van der Waals surface area contributed by atoms with Crippen LogP contribution < -0.4 is 9.47 Å². The smallest absolute Gasteiger partial charge is 0.231 e. The molecule has 0 saturated carbocycles. The summed E-state index contributed by atoms with van der Waals surface area (Å²) in [4.78, 5) is 4.54. The van der Waals surface area contributed by atoms with Gasteiger partial charge in [-0.15, -0.1) is 0 Å². The molecule has 4 nitrogen and oxygen atoms in total. The highest BCUT2D eigenvalue weighted by atomic mass is 19.1. The molecule has 138 valence electrons. The third-order valence-corrected chi connectivity index (χ3v) is 4.76. The Labute approximate surface area is 161 Å². The van der Waals surface area contributed by atoms with Crippen molar-refractivity contribution >= 4 is 22.8 Å². The van der Waals surface area contributed by atoms with Gasteiger partial charge < -0.3 is 14.0 Å². The van der Waals surface area contributed by atoms with Crippen LogP contribution in [0, 0.1) is 5.82 Å². The second-order valence-corrected chi connectivity index (χ2v) is 6.69. The molecule has 28 heavy (non-hydrogen) atoms. The van der Waals surface area contributed by atoms with E-state index in [1.54, 1.807) is 12.1 Å². The van der Waals surface area contributed by atoms with Gasteiger partial charge in [-0.2, -0.15) is 0 Å². The summed E-state index contributed by atoms with van der Waals surface area (Å²) in [7, 11) is 0. The zero-order valence-electron chi connectivity index (χ0n) is 15.0. The van der Waals surface area contributed by atoms with E-state index >= 15 is 0 Å². The van der Waals surface area contributed by atoms with Crippen LogP contribution >= 0.6 is 0 Å². The summed E-state index contributed by atoms with van der Waals surface area (Å²) in [6.07, 6.45) is 3.86. The van der Waals surface area contributed by atoms with Gasteiger partial charge in [0, 0.05) is 35.9 Å². The average molecular weight is 372 g/mol. The van der Waals surface area contributed by atoms with E-state index in [1.165, 1.54) is 6.07 Å². The molecule has 5 heteroatoms. The van der Waals surface area contributed by atoms with Crippen molar-refractivity contribution in [2.75, 3.05) is 6.79 Å². The average Bonchev–Trinajstić information content (AvgIpc) is 3.33. The number of ether oxygens (including phenoxy) is 2. The standard InChI is InChI=1S/C23H17FN2O2/c24-19-3-1-2-17(11-19)14-26-9-8-18-10-16(4-6-21(18)26)13-25-20-5-7-22-23(12-20)28-15-27-22/h1-13H,14-15H2. The van der Waals surface area contributed by atoms with E-state index in [4.69, 9.17) is 9.47 Å². The minimum absolute atomic E-state index is 0.212. The number of halogens is 1. The highest BCUT2D eigenvalue weighted by Crippen LogP contribution is 2.35. The summed E-state index contributed by atoms with van der Waals surface area (Å²) in [6, 6.07) is 20.6. The van der Waals surface area contributed by atoms with Crippen LogP contribution in [0.3, 0.4) is 0 Å². The molecule has 0 bridgehead atoms. The molecule has 0 amide bonds. The molecule has 1 aliphatic rings. The fourth-order valence-electron chi connectivity index (χ4n) is 3.38. The van der Waals surface area contributed by atoms with Crippen molar-refractivity contribution in [2.24, 2.45) is 4.99 Å². The van der Waals surface area contributed by atoms with Crippen LogP contribution in [0.25, 0.3) is 10.9 Å². The maximum absolute atomic E-state index is 13.4. The van der Waals surface area contributed by atoms with Crippen molar-refractivity contribution in [3.63, 3.8) is 0 Å². The van der Waals surface area contributed by atoms with Crippen molar-refractivity contribution in [1.29, 1.82) is 0 Å². The summed E-state index contributed by atoms with van der Waals surface area (Å²) >= 11 is 0. The Morgan fingerprint density at radius 2 is 1.89 bits per heavy atom. The minimum Gasteiger partial charge on any atom is -0.454 e. The Morgan fingerprint density at radius 3 is 2.82 bits per heavy atom. The van der Waals surface area contributed by atoms with Crippen molar-refractivity contribution in [2.45, 2.75) is 6.54 Å². The first-order valence-electron chi connectivity index (χ1n) is 9.02. The number of nitrogens with zero attached hydrogens (tertiary/aromatic N) is 2. The van der Waals surface area contributed by atoms with E-state index in [2.05, 4.69) is 27.8 Å². The van der Waals surface area contributed by atoms with Crippen LogP contribution in [-0.4, -0.2) is 17.6 Å². The van der Waals surface area contributed by atoms with E-state index in [0.29, 0.717) is 6.54 Å². The van der Waals surface area contributed by atoms with Gasteiger partial charge in [-0.1, -0.05) is 18.2 Å². The Balaban J connectivity index is 1.38. The number of hydrogen-bond donors (Lipinski definition) is 0. The summed E-state index contributed by atoms with van der Waals surface area (Å²) in [5.74, 6) is 1.26. The molecule has 0 radical (unpaired) electrons. The maximum Gasteiger partial charge on any atom is 0.231 e. The zero-order chi connectivity index (χ0) is 18.9. The van der Waals surface area contributed by atoms with Crippen LogP contribution in [0.4, 0.5) is 10.1 Å². The molecule has 0 saturated heterocycles. The van der Waals surface area contributed by atoms with E-state index in [0.717, 1.165) is 39.2 Å². The predicted octanol–water partition coefficient (Wildman–Crippen LogP) is 5.31. The number of fused-ring (bicyclic) bond motifs is 2. The van der Waals surface area contributed by atoms with Gasteiger partial charge in [0.05, 0.1) is 5.69 Å². The highest BCUT2D eigenvalue weighted by Gasteiger charge is 2.12. The topological polar surface area (TPSA) is 35.8 Å². The predicted molar refractivity (Wildman–Crippen MR) is 107 cm³/mol. The fourth-order valence-corrected chi connectivity index (χ4v) is 3.38. The molecule has 0 fully saturated rings. The normalized spacial score (nSPS) is 12.9. The molecule has 0 aliphatic carbocycles. The number of rotatable bonds is 4. The van der Waals surface area contributed by atoms with Gasteiger partial charge in [0.15, 0.2) is 11.5 Å². The molecule has 0 atom stereocenters. The second kappa shape index (κ2) is 6.85. The third kappa shape index (κ3) is 3.22. The summed E-state index contributed by atoms with van der Waals surface area (Å²) in [6.45, 7) is 0.887. The molecule has 3 aromatic carbocycles. The molecular weight excluding hydrogens is 355 g/mol. The van der Waals surface area contributed by atoms with Crippen LogP contribution in [0.2, 0.25) is 0 Å². The van der Waals surface area contributed by atoms with Gasteiger partial charge in [-0.25, -0.2) is 4.39 Å². The largest absolute Gasteiger partial charge is 0.454 e. The van der Waals surface area contributed by atoms with Gasteiger partial charge in [-0.05, 0) is 53.6 Å². The minimum atomic E-state index is -0.212. The summed E-state index contributed by atoms with van der Waals surface area (Å²) in [5, 5.41) is 1.12. The number of aromatic nitrogens is 1. The van der Waals surface area contributed by atoms with Gasteiger partial charge in [-0.3, -0.25) is 4.99 Å². The molecule has 2 heterocycles. The number of aliphatic imine (C=N–C) groups is 1. The van der Waals surface area contributed by atoms with Crippen molar-refractivity contribution in [3.05, 3.63) is 89.9 Å². The molecular formula is C23H17FN2O2. The Kier molecular flexibility index (Phi) is 4.05.